The van der Waals surface area contributed by atoms with Gasteiger partial charge >= 0.3 is 0 Å². The largest absolute Gasteiger partial charge is 0.494 e. The van der Waals surface area contributed by atoms with E-state index in [1.807, 2.05) is 72.5 Å². The fourth-order valence-corrected chi connectivity index (χ4v) is 6.44. The van der Waals surface area contributed by atoms with Crippen molar-refractivity contribution < 1.29 is 19.1 Å². The fourth-order valence-electron chi connectivity index (χ4n) is 6.44. The van der Waals surface area contributed by atoms with Crippen molar-refractivity contribution in [2.75, 3.05) is 11.5 Å². The van der Waals surface area contributed by atoms with E-state index in [1.54, 1.807) is 31.2 Å². The molecule has 3 aliphatic rings. The summed E-state index contributed by atoms with van der Waals surface area (Å²) < 4.78 is 5.98. The van der Waals surface area contributed by atoms with Crippen molar-refractivity contribution in [1.82, 2.24) is 0 Å². The number of carbonyl (C=O) groups is 3. The maximum atomic E-state index is 14.4. The van der Waals surface area contributed by atoms with Crippen molar-refractivity contribution in [3.05, 3.63) is 101 Å². The Bertz CT molecular complexity index is 1390. The van der Waals surface area contributed by atoms with Crippen LogP contribution in [0.3, 0.4) is 0 Å². The summed E-state index contributed by atoms with van der Waals surface area (Å²) in [7, 11) is 0. The summed E-state index contributed by atoms with van der Waals surface area (Å²) in [6.45, 7) is 3.88. The van der Waals surface area contributed by atoms with E-state index in [4.69, 9.17) is 4.74 Å². The van der Waals surface area contributed by atoms with Gasteiger partial charge in [0.05, 0.1) is 18.7 Å². The first-order chi connectivity index (χ1) is 17.0. The van der Waals surface area contributed by atoms with Crippen LogP contribution in [-0.4, -0.2) is 36.0 Å². The highest BCUT2D eigenvalue weighted by Crippen LogP contribution is 2.61. The van der Waals surface area contributed by atoms with E-state index < -0.39 is 23.4 Å². The summed E-state index contributed by atoms with van der Waals surface area (Å²) in [5, 5.41) is 0. The van der Waals surface area contributed by atoms with Crippen LogP contribution in [0.2, 0.25) is 0 Å². The molecule has 0 radical (unpaired) electrons. The molecule has 3 atom stereocenters. The predicted octanol–water partition coefficient (Wildman–Crippen LogP) is 5.11. The Labute approximate surface area is 204 Å². The van der Waals surface area contributed by atoms with Gasteiger partial charge < -0.3 is 9.64 Å². The van der Waals surface area contributed by atoms with Gasteiger partial charge in [0.15, 0.2) is 17.3 Å². The Morgan fingerprint density at radius 2 is 1.54 bits per heavy atom. The lowest BCUT2D eigenvalue weighted by Gasteiger charge is -2.37. The molecule has 2 aliphatic heterocycles. The zero-order chi connectivity index (χ0) is 24.3. The van der Waals surface area contributed by atoms with Gasteiger partial charge in [0, 0.05) is 28.3 Å². The summed E-state index contributed by atoms with van der Waals surface area (Å²) in [5.74, 6) is -0.658. The van der Waals surface area contributed by atoms with Crippen molar-refractivity contribution in [1.29, 1.82) is 0 Å². The number of carbonyl (C=O) groups excluding carboxylic acids is 3. The lowest BCUT2D eigenvalue weighted by molar-refractivity contribution is -0.118. The first-order valence-corrected chi connectivity index (χ1v) is 12.0. The predicted molar refractivity (Wildman–Crippen MR) is 134 cm³/mol. The van der Waals surface area contributed by atoms with Gasteiger partial charge in [0.2, 0.25) is 0 Å². The van der Waals surface area contributed by atoms with Crippen LogP contribution in [0.25, 0.3) is 6.08 Å². The Morgan fingerprint density at radius 3 is 2.23 bits per heavy atom. The van der Waals surface area contributed by atoms with Gasteiger partial charge in [-0.3, -0.25) is 14.4 Å². The molecule has 3 aromatic rings. The zero-order valence-corrected chi connectivity index (χ0v) is 19.6. The highest BCUT2D eigenvalue weighted by molar-refractivity contribution is 6.32. The second kappa shape index (κ2) is 7.77. The van der Waals surface area contributed by atoms with Gasteiger partial charge in [-0.25, -0.2) is 0 Å². The van der Waals surface area contributed by atoms with E-state index in [-0.39, 0.29) is 17.3 Å². The average molecular weight is 464 g/mol. The van der Waals surface area contributed by atoms with Crippen LogP contribution in [0.5, 0.6) is 5.75 Å². The van der Waals surface area contributed by atoms with Crippen molar-refractivity contribution in [2.24, 2.45) is 5.41 Å². The van der Waals surface area contributed by atoms with E-state index in [1.165, 1.54) is 0 Å². The first-order valence-electron chi connectivity index (χ1n) is 12.0. The summed E-state index contributed by atoms with van der Waals surface area (Å²) >= 11 is 0. The number of anilines is 1. The number of Topliss-reactive ketones (excluding diaryl/α,β-unsaturated/α-hetero) is 3. The molecular formula is C30H25NO4. The number of hydrogen-bond acceptors (Lipinski definition) is 5. The standard InChI is InChI=1S/C30H25NO4/c1-3-35-24-15-9-7-13-22(24)26-27(18(2)32)31-23-14-8-4-10-19(23)16-17-25(31)30(26)28(33)20-11-5-6-12-21(20)29(30)34/h4-17,25-27H,3H2,1-2H3. The number of fused-ring (bicyclic) bond motifs is 5. The lowest BCUT2D eigenvalue weighted by Crippen LogP contribution is -2.48. The highest BCUT2D eigenvalue weighted by Gasteiger charge is 2.71. The Hall–Kier alpha value is -3.99. The molecule has 5 nitrogen and oxygen atoms in total. The van der Waals surface area contributed by atoms with Crippen molar-refractivity contribution in [3.63, 3.8) is 0 Å². The van der Waals surface area contributed by atoms with Crippen LogP contribution in [0, 0.1) is 5.41 Å². The van der Waals surface area contributed by atoms with E-state index in [2.05, 4.69) is 0 Å². The summed E-state index contributed by atoms with van der Waals surface area (Å²) in [6.07, 6.45) is 3.90. The van der Waals surface area contributed by atoms with Crippen molar-refractivity contribution >= 4 is 29.1 Å². The third kappa shape index (κ3) is 2.72. The molecule has 35 heavy (non-hydrogen) atoms. The summed E-state index contributed by atoms with van der Waals surface area (Å²) in [4.78, 5) is 44.2. The average Bonchev–Trinajstić information content (AvgIpc) is 3.31. The van der Waals surface area contributed by atoms with Crippen LogP contribution in [0.1, 0.15) is 51.6 Å². The maximum Gasteiger partial charge on any atom is 0.180 e. The van der Waals surface area contributed by atoms with E-state index in [0.29, 0.717) is 29.0 Å². The van der Waals surface area contributed by atoms with E-state index in [9.17, 15) is 14.4 Å². The third-order valence-electron chi connectivity index (χ3n) is 7.68. The molecule has 3 unspecified atom stereocenters. The summed E-state index contributed by atoms with van der Waals surface area (Å²) in [5.41, 5.74) is 1.90. The Kier molecular flexibility index (Phi) is 4.78. The number of para-hydroxylation sites is 2. The molecule has 0 N–H and O–H groups in total. The molecule has 2 heterocycles. The molecule has 5 heteroatoms. The minimum absolute atomic E-state index is 0.0927. The number of ether oxygens (including phenoxy) is 1. The molecule has 174 valence electrons. The van der Waals surface area contributed by atoms with Gasteiger partial charge in [-0.2, -0.15) is 0 Å². The van der Waals surface area contributed by atoms with Crippen LogP contribution in [0.4, 0.5) is 5.69 Å². The SMILES string of the molecule is CCOc1ccccc1C1C(C(C)=O)N2c3ccccc3C=CC2C12C(=O)c1ccccc1C2=O. The quantitative estimate of drug-likeness (QED) is 0.504. The first kappa shape index (κ1) is 21.5. The smallest absolute Gasteiger partial charge is 0.180 e. The van der Waals surface area contributed by atoms with Gasteiger partial charge in [0.25, 0.3) is 0 Å². The Morgan fingerprint density at radius 1 is 0.914 bits per heavy atom. The van der Waals surface area contributed by atoms with Gasteiger partial charge in [-0.1, -0.05) is 72.8 Å². The topological polar surface area (TPSA) is 63.7 Å². The normalized spacial score (nSPS) is 23.3. The van der Waals surface area contributed by atoms with Crippen LogP contribution in [-0.2, 0) is 4.79 Å². The molecular weight excluding hydrogens is 438 g/mol. The van der Waals surface area contributed by atoms with E-state index >= 15 is 0 Å². The van der Waals surface area contributed by atoms with Gasteiger partial charge in [0.1, 0.15) is 11.2 Å². The van der Waals surface area contributed by atoms with Crippen LogP contribution >= 0.6 is 0 Å². The third-order valence-corrected chi connectivity index (χ3v) is 7.68. The van der Waals surface area contributed by atoms with Gasteiger partial charge in [-0.05, 0) is 31.5 Å². The van der Waals surface area contributed by atoms with Gasteiger partial charge in [-0.15, -0.1) is 0 Å². The van der Waals surface area contributed by atoms with Crippen LogP contribution < -0.4 is 9.64 Å². The Balaban J connectivity index is 1.69. The molecule has 0 amide bonds. The molecule has 1 aliphatic carbocycles. The monoisotopic (exact) mass is 463 g/mol. The molecule has 3 aromatic carbocycles. The number of nitrogens with zero attached hydrogens (tertiary/aromatic N) is 1. The molecule has 0 aromatic heterocycles. The number of ketones is 3. The molecule has 0 bridgehead atoms. The van der Waals surface area contributed by atoms with Crippen molar-refractivity contribution in [3.8, 4) is 5.75 Å². The zero-order valence-electron chi connectivity index (χ0n) is 19.6. The number of benzene rings is 3. The number of hydrogen-bond donors (Lipinski definition) is 0. The van der Waals surface area contributed by atoms with E-state index in [0.717, 1.165) is 11.3 Å². The minimum Gasteiger partial charge on any atom is -0.494 e. The number of rotatable bonds is 4. The second-order valence-electron chi connectivity index (χ2n) is 9.35. The minimum atomic E-state index is -1.47. The van der Waals surface area contributed by atoms with Crippen molar-refractivity contribution in [2.45, 2.75) is 31.8 Å². The molecule has 1 spiro atoms. The lowest BCUT2D eigenvalue weighted by atomic mass is 9.64. The fraction of sp³-hybridized carbons (Fsp3) is 0.233. The maximum absolute atomic E-state index is 14.4. The molecule has 6 rings (SSSR count). The molecule has 1 saturated heterocycles. The summed E-state index contributed by atoms with van der Waals surface area (Å²) in [6, 6.07) is 21.0. The highest BCUT2D eigenvalue weighted by atomic mass is 16.5. The molecule has 1 fully saturated rings. The molecule has 0 saturated carbocycles. The second-order valence-corrected chi connectivity index (χ2v) is 9.35. The van der Waals surface area contributed by atoms with Crippen LogP contribution in [0.15, 0.2) is 78.9 Å².